The number of hydrogen-bond donors (Lipinski definition) is 1. The Morgan fingerprint density at radius 2 is 1.72 bits per heavy atom. The Balaban J connectivity index is 0.00000162. The van der Waals surface area contributed by atoms with E-state index in [1.54, 1.807) is 0 Å². The van der Waals surface area contributed by atoms with Crippen molar-refractivity contribution >= 4 is 24.0 Å². The second-order valence-corrected chi connectivity index (χ2v) is 5.52. The third kappa shape index (κ3) is 5.60. The minimum Gasteiger partial charge on any atom is -0.316 e. The van der Waals surface area contributed by atoms with Gasteiger partial charge in [-0.05, 0) is 56.0 Å². The number of rotatable bonds is 5. The fourth-order valence-electron chi connectivity index (χ4n) is 2.58. The topological polar surface area (TPSA) is 12.0 Å². The third-order valence-corrected chi connectivity index (χ3v) is 3.91. The van der Waals surface area contributed by atoms with Crippen molar-refractivity contribution in [3.8, 4) is 0 Å². The fourth-order valence-corrected chi connectivity index (χ4v) is 2.71. The van der Waals surface area contributed by atoms with E-state index in [0.29, 0.717) is 0 Å². The van der Waals surface area contributed by atoms with Crippen LogP contribution in [0.25, 0.3) is 0 Å². The minimum atomic E-state index is 0. The minimum absolute atomic E-state index is 0. The Labute approximate surface area is 122 Å². The normalized spacial score (nSPS) is 16.3. The Kier molecular flexibility index (Phi) is 7.73. The number of hydrogen-bond acceptors (Lipinski definition) is 1. The average molecular weight is 288 g/mol. The van der Waals surface area contributed by atoms with Crippen LogP contribution in [0.1, 0.15) is 37.7 Å². The first kappa shape index (κ1) is 15.8. The fraction of sp³-hybridized carbons (Fsp3) is 0.600. The highest BCUT2D eigenvalue weighted by molar-refractivity contribution is 6.30. The second-order valence-electron chi connectivity index (χ2n) is 5.08. The highest BCUT2D eigenvalue weighted by Crippen LogP contribution is 2.22. The van der Waals surface area contributed by atoms with Crippen LogP contribution in [-0.4, -0.2) is 13.1 Å². The van der Waals surface area contributed by atoms with Crippen LogP contribution in [0.3, 0.4) is 0 Å². The number of halogens is 2. The maximum absolute atomic E-state index is 5.86. The van der Waals surface area contributed by atoms with Crippen LogP contribution >= 0.6 is 24.0 Å². The molecule has 0 unspecified atom stereocenters. The molecule has 1 aromatic carbocycles. The van der Waals surface area contributed by atoms with Crippen LogP contribution in [0.2, 0.25) is 5.02 Å². The van der Waals surface area contributed by atoms with Crippen molar-refractivity contribution in [1.29, 1.82) is 0 Å². The molecule has 1 aliphatic rings. The van der Waals surface area contributed by atoms with Gasteiger partial charge in [0.2, 0.25) is 0 Å². The zero-order chi connectivity index (χ0) is 11.9. The molecule has 0 saturated heterocycles. The molecule has 0 spiro atoms. The molecule has 0 aromatic heterocycles. The molecule has 0 bridgehead atoms. The summed E-state index contributed by atoms with van der Waals surface area (Å²) in [4.78, 5) is 0. The molecule has 1 saturated carbocycles. The van der Waals surface area contributed by atoms with E-state index < -0.39 is 0 Å². The van der Waals surface area contributed by atoms with Crippen molar-refractivity contribution in [2.24, 2.45) is 5.92 Å². The molecular formula is C15H23Cl2N. The highest BCUT2D eigenvalue weighted by Gasteiger charge is 2.12. The first-order valence-electron chi connectivity index (χ1n) is 6.80. The first-order chi connectivity index (χ1) is 8.34. The molecule has 0 radical (unpaired) electrons. The summed E-state index contributed by atoms with van der Waals surface area (Å²) in [6, 6.07) is 8.17. The lowest BCUT2D eigenvalue weighted by Gasteiger charge is -2.21. The smallest absolute Gasteiger partial charge is 0.0406 e. The Hall–Kier alpha value is -0.240. The Morgan fingerprint density at radius 3 is 2.39 bits per heavy atom. The van der Waals surface area contributed by atoms with Crippen LogP contribution in [0.5, 0.6) is 0 Å². The quantitative estimate of drug-likeness (QED) is 0.788. The van der Waals surface area contributed by atoms with Crippen LogP contribution in [-0.2, 0) is 6.42 Å². The Bertz CT molecular complexity index is 318. The van der Waals surface area contributed by atoms with Gasteiger partial charge in [0, 0.05) is 5.02 Å². The monoisotopic (exact) mass is 287 g/mol. The van der Waals surface area contributed by atoms with E-state index in [-0.39, 0.29) is 12.4 Å². The van der Waals surface area contributed by atoms with E-state index in [2.05, 4.69) is 17.4 Å². The van der Waals surface area contributed by atoms with Gasteiger partial charge in [0.05, 0.1) is 0 Å². The van der Waals surface area contributed by atoms with Crippen molar-refractivity contribution < 1.29 is 0 Å². The molecule has 0 aliphatic heterocycles. The molecule has 3 heteroatoms. The molecule has 1 aliphatic carbocycles. The molecule has 1 fully saturated rings. The molecule has 0 amide bonds. The van der Waals surface area contributed by atoms with Gasteiger partial charge in [-0.3, -0.25) is 0 Å². The van der Waals surface area contributed by atoms with Crippen LogP contribution in [0, 0.1) is 5.92 Å². The van der Waals surface area contributed by atoms with Gasteiger partial charge in [0.1, 0.15) is 0 Å². The van der Waals surface area contributed by atoms with E-state index in [1.807, 2.05) is 12.1 Å². The Morgan fingerprint density at radius 1 is 1.06 bits per heavy atom. The lowest BCUT2D eigenvalue weighted by Crippen LogP contribution is -2.26. The maximum atomic E-state index is 5.86. The van der Waals surface area contributed by atoms with Gasteiger partial charge in [-0.25, -0.2) is 0 Å². The standard InChI is InChI=1S/C15H22ClN.ClH/c16-15-8-6-13(7-9-15)10-11-17-12-14-4-2-1-3-5-14;/h6-9,14,17H,1-5,10-12H2;1H. The van der Waals surface area contributed by atoms with E-state index in [9.17, 15) is 0 Å². The highest BCUT2D eigenvalue weighted by atomic mass is 35.5. The molecule has 18 heavy (non-hydrogen) atoms. The van der Waals surface area contributed by atoms with Crippen LogP contribution in [0.15, 0.2) is 24.3 Å². The molecule has 1 nitrogen and oxygen atoms in total. The predicted molar refractivity (Wildman–Crippen MR) is 81.8 cm³/mol. The second kappa shape index (κ2) is 8.79. The van der Waals surface area contributed by atoms with Gasteiger partial charge in [-0.2, -0.15) is 0 Å². The maximum Gasteiger partial charge on any atom is 0.0406 e. The molecule has 0 heterocycles. The summed E-state index contributed by atoms with van der Waals surface area (Å²) in [5.41, 5.74) is 1.37. The number of nitrogens with one attached hydrogen (secondary N) is 1. The number of benzene rings is 1. The van der Waals surface area contributed by atoms with Crippen molar-refractivity contribution in [1.82, 2.24) is 5.32 Å². The average Bonchev–Trinajstić information content (AvgIpc) is 2.38. The SMILES string of the molecule is Cl.Clc1ccc(CCNCC2CCCCC2)cc1. The van der Waals surface area contributed by atoms with Crippen LogP contribution < -0.4 is 5.32 Å². The van der Waals surface area contributed by atoms with E-state index in [0.717, 1.165) is 23.9 Å². The van der Waals surface area contributed by atoms with E-state index in [1.165, 1.54) is 44.2 Å². The van der Waals surface area contributed by atoms with Gasteiger partial charge in [-0.1, -0.05) is 43.0 Å². The molecule has 102 valence electrons. The summed E-state index contributed by atoms with van der Waals surface area (Å²) in [5, 5.41) is 4.41. The zero-order valence-corrected chi connectivity index (χ0v) is 12.4. The van der Waals surface area contributed by atoms with E-state index in [4.69, 9.17) is 11.6 Å². The van der Waals surface area contributed by atoms with Crippen molar-refractivity contribution in [3.63, 3.8) is 0 Å². The summed E-state index contributed by atoms with van der Waals surface area (Å²) in [5.74, 6) is 0.925. The van der Waals surface area contributed by atoms with Gasteiger partial charge in [0.25, 0.3) is 0 Å². The van der Waals surface area contributed by atoms with Crippen molar-refractivity contribution in [3.05, 3.63) is 34.9 Å². The molecule has 0 atom stereocenters. The molecule has 2 rings (SSSR count). The molecule has 1 aromatic rings. The van der Waals surface area contributed by atoms with Gasteiger partial charge in [0.15, 0.2) is 0 Å². The lowest BCUT2D eigenvalue weighted by molar-refractivity contribution is 0.343. The van der Waals surface area contributed by atoms with Gasteiger partial charge < -0.3 is 5.32 Å². The largest absolute Gasteiger partial charge is 0.316 e. The zero-order valence-electron chi connectivity index (χ0n) is 10.8. The summed E-state index contributed by atoms with van der Waals surface area (Å²) in [6.07, 6.45) is 8.26. The summed E-state index contributed by atoms with van der Waals surface area (Å²) >= 11 is 5.86. The van der Waals surface area contributed by atoms with E-state index >= 15 is 0 Å². The molecular weight excluding hydrogens is 265 g/mol. The summed E-state index contributed by atoms with van der Waals surface area (Å²) < 4.78 is 0. The van der Waals surface area contributed by atoms with Crippen LogP contribution in [0.4, 0.5) is 0 Å². The lowest BCUT2D eigenvalue weighted by atomic mass is 9.89. The van der Waals surface area contributed by atoms with Crippen molar-refractivity contribution in [2.45, 2.75) is 38.5 Å². The molecule has 1 N–H and O–H groups in total. The first-order valence-corrected chi connectivity index (χ1v) is 7.17. The van der Waals surface area contributed by atoms with Crippen molar-refractivity contribution in [2.75, 3.05) is 13.1 Å². The predicted octanol–water partition coefficient (Wildman–Crippen LogP) is 4.47. The third-order valence-electron chi connectivity index (χ3n) is 3.66. The van der Waals surface area contributed by atoms with Gasteiger partial charge >= 0.3 is 0 Å². The van der Waals surface area contributed by atoms with Gasteiger partial charge in [-0.15, -0.1) is 12.4 Å². The summed E-state index contributed by atoms with van der Waals surface area (Å²) in [6.45, 7) is 2.28. The summed E-state index contributed by atoms with van der Waals surface area (Å²) in [7, 11) is 0.